The van der Waals surface area contributed by atoms with Crippen LogP contribution in [-0.4, -0.2) is 10.2 Å². The molecule has 0 aliphatic carbocycles. The Balaban J connectivity index is 2.45. The maximum absolute atomic E-state index is 5.98. The van der Waals surface area contributed by atoms with Crippen LogP contribution >= 0.6 is 46.4 Å². The third kappa shape index (κ3) is 2.71. The second-order valence-corrected chi connectivity index (χ2v) is 4.93. The van der Waals surface area contributed by atoms with Gasteiger partial charge in [-0.15, -0.1) is 10.2 Å². The summed E-state index contributed by atoms with van der Waals surface area (Å²) in [6, 6.07) is 1.42. The van der Waals surface area contributed by atoms with E-state index < -0.39 is 0 Å². The standard InChI is InChI=1S/C9H6Cl4N6/c10-2-1-3(5(12)6(13)4(2)11)16-17-7-8(14)18-19-9(7)15/h1H,(H5,14,15,18,19). The molecule has 0 spiro atoms. The molecule has 6 nitrogen and oxygen atoms in total. The topological polar surface area (TPSA) is 105 Å². The summed E-state index contributed by atoms with van der Waals surface area (Å²) in [7, 11) is 0. The Morgan fingerprint density at radius 2 is 1.68 bits per heavy atom. The zero-order valence-corrected chi connectivity index (χ0v) is 12.1. The number of halogens is 4. The van der Waals surface area contributed by atoms with Gasteiger partial charge in [0.25, 0.3) is 0 Å². The molecule has 10 heteroatoms. The number of aromatic nitrogens is 2. The Kier molecular flexibility index (Phi) is 4.05. The molecule has 0 saturated carbocycles. The number of nitrogens with zero attached hydrogens (tertiary/aromatic N) is 3. The van der Waals surface area contributed by atoms with Gasteiger partial charge in [0.1, 0.15) is 11.5 Å². The van der Waals surface area contributed by atoms with E-state index in [1.807, 2.05) is 0 Å². The van der Waals surface area contributed by atoms with Gasteiger partial charge in [-0.3, -0.25) is 5.10 Å². The van der Waals surface area contributed by atoms with Crippen LogP contribution in [0.1, 0.15) is 0 Å². The highest BCUT2D eigenvalue weighted by atomic mass is 35.5. The fourth-order valence-corrected chi connectivity index (χ4v) is 2.04. The van der Waals surface area contributed by atoms with Crippen molar-refractivity contribution in [1.29, 1.82) is 0 Å². The summed E-state index contributed by atoms with van der Waals surface area (Å²) in [5.41, 5.74) is 11.6. The number of H-pyrrole nitrogens is 1. The fraction of sp³-hybridized carbons (Fsp3) is 0. The van der Waals surface area contributed by atoms with Gasteiger partial charge in [0.05, 0.1) is 20.1 Å². The van der Waals surface area contributed by atoms with Gasteiger partial charge in [0.15, 0.2) is 11.5 Å². The lowest BCUT2D eigenvalue weighted by Gasteiger charge is -2.04. The molecular formula is C9H6Cl4N6. The van der Waals surface area contributed by atoms with Crippen LogP contribution in [-0.2, 0) is 0 Å². The minimum Gasteiger partial charge on any atom is -0.382 e. The Bertz CT molecular complexity index is 646. The minimum atomic E-state index is 0.0953. The summed E-state index contributed by atoms with van der Waals surface area (Å²) < 4.78 is 0. The Morgan fingerprint density at radius 1 is 1.00 bits per heavy atom. The molecule has 1 aromatic carbocycles. The predicted octanol–water partition coefficient (Wildman–Crippen LogP) is 4.60. The van der Waals surface area contributed by atoms with Crippen LogP contribution in [0.25, 0.3) is 0 Å². The maximum Gasteiger partial charge on any atom is 0.175 e. The quantitative estimate of drug-likeness (QED) is 0.422. The molecular weight excluding hydrogens is 334 g/mol. The highest BCUT2D eigenvalue weighted by Crippen LogP contribution is 2.42. The van der Waals surface area contributed by atoms with Crippen molar-refractivity contribution >= 4 is 69.4 Å². The first-order valence-electron chi connectivity index (χ1n) is 4.76. The Morgan fingerprint density at radius 3 is 2.26 bits per heavy atom. The van der Waals surface area contributed by atoms with Crippen molar-refractivity contribution in [3.63, 3.8) is 0 Å². The first kappa shape index (κ1) is 14.2. The maximum atomic E-state index is 5.98. The monoisotopic (exact) mass is 338 g/mol. The van der Waals surface area contributed by atoms with Crippen molar-refractivity contribution in [2.45, 2.75) is 0 Å². The van der Waals surface area contributed by atoms with E-state index in [0.717, 1.165) is 0 Å². The van der Waals surface area contributed by atoms with E-state index in [-0.39, 0.29) is 43.1 Å². The van der Waals surface area contributed by atoms with Crippen LogP contribution in [0, 0.1) is 0 Å². The molecule has 0 aliphatic heterocycles. The summed E-state index contributed by atoms with van der Waals surface area (Å²) in [6.45, 7) is 0. The van der Waals surface area contributed by atoms with Crippen LogP contribution in [0.4, 0.5) is 23.0 Å². The van der Waals surface area contributed by atoms with E-state index in [1.54, 1.807) is 0 Å². The Labute approximate surface area is 127 Å². The van der Waals surface area contributed by atoms with E-state index in [4.69, 9.17) is 57.9 Å². The first-order valence-corrected chi connectivity index (χ1v) is 6.27. The van der Waals surface area contributed by atoms with Crippen molar-refractivity contribution in [2.24, 2.45) is 10.2 Å². The number of benzene rings is 1. The summed E-state index contributed by atoms with van der Waals surface area (Å²) in [4.78, 5) is 0. The van der Waals surface area contributed by atoms with E-state index in [2.05, 4.69) is 20.4 Å². The zero-order chi connectivity index (χ0) is 14.2. The van der Waals surface area contributed by atoms with Gasteiger partial charge in [-0.2, -0.15) is 5.10 Å². The van der Waals surface area contributed by atoms with Crippen LogP contribution in [0.2, 0.25) is 20.1 Å². The average Bonchev–Trinajstić information content (AvgIpc) is 2.70. The summed E-state index contributed by atoms with van der Waals surface area (Å²) in [6.07, 6.45) is 0. The largest absolute Gasteiger partial charge is 0.382 e. The molecule has 1 heterocycles. The summed E-state index contributed by atoms with van der Waals surface area (Å²) >= 11 is 23.6. The summed E-state index contributed by atoms with van der Waals surface area (Å²) in [5, 5.41) is 14.4. The molecule has 0 amide bonds. The predicted molar refractivity (Wildman–Crippen MR) is 78.1 cm³/mol. The highest BCUT2D eigenvalue weighted by Gasteiger charge is 2.13. The highest BCUT2D eigenvalue weighted by molar-refractivity contribution is 6.52. The third-order valence-corrected chi connectivity index (χ3v) is 3.88. The van der Waals surface area contributed by atoms with Crippen molar-refractivity contribution in [3.05, 3.63) is 26.2 Å². The van der Waals surface area contributed by atoms with Gasteiger partial charge in [-0.1, -0.05) is 46.4 Å². The lowest BCUT2D eigenvalue weighted by molar-refractivity contribution is 1.11. The number of nitrogens with one attached hydrogen (secondary N) is 1. The molecule has 2 aromatic rings. The molecule has 0 bridgehead atoms. The van der Waals surface area contributed by atoms with E-state index in [1.165, 1.54) is 6.07 Å². The summed E-state index contributed by atoms with van der Waals surface area (Å²) in [5.74, 6) is 0.298. The number of rotatable bonds is 2. The van der Waals surface area contributed by atoms with Gasteiger partial charge >= 0.3 is 0 Å². The van der Waals surface area contributed by atoms with Crippen molar-refractivity contribution in [2.75, 3.05) is 11.5 Å². The first-order chi connectivity index (χ1) is 8.91. The zero-order valence-electron chi connectivity index (χ0n) is 9.09. The second-order valence-electron chi connectivity index (χ2n) is 3.39. The number of hydrogen-bond acceptors (Lipinski definition) is 5. The number of anilines is 2. The number of nitrogen functional groups attached to an aromatic ring is 2. The number of aromatic amines is 1. The number of hydrogen-bond donors (Lipinski definition) is 3. The molecule has 0 unspecified atom stereocenters. The van der Waals surface area contributed by atoms with Crippen LogP contribution in [0.3, 0.4) is 0 Å². The molecule has 5 N–H and O–H groups in total. The fourth-order valence-electron chi connectivity index (χ4n) is 1.21. The average molecular weight is 340 g/mol. The van der Waals surface area contributed by atoms with Gasteiger partial charge < -0.3 is 11.5 Å². The molecule has 2 rings (SSSR count). The van der Waals surface area contributed by atoms with Crippen LogP contribution in [0.5, 0.6) is 0 Å². The van der Waals surface area contributed by atoms with Gasteiger partial charge in [-0.25, -0.2) is 0 Å². The molecule has 100 valence electrons. The number of azo groups is 1. The van der Waals surface area contributed by atoms with Crippen molar-refractivity contribution in [1.82, 2.24) is 10.2 Å². The van der Waals surface area contributed by atoms with E-state index >= 15 is 0 Å². The normalized spacial score (nSPS) is 11.4. The smallest absolute Gasteiger partial charge is 0.175 e. The molecule has 1 aromatic heterocycles. The third-order valence-electron chi connectivity index (χ3n) is 2.14. The molecule has 19 heavy (non-hydrogen) atoms. The van der Waals surface area contributed by atoms with Crippen molar-refractivity contribution < 1.29 is 0 Å². The van der Waals surface area contributed by atoms with Crippen LogP contribution < -0.4 is 11.5 Å². The minimum absolute atomic E-state index is 0.0953. The molecule has 0 atom stereocenters. The SMILES string of the molecule is Nc1n[nH]c(N)c1N=Nc1cc(Cl)c(Cl)c(Cl)c1Cl. The van der Waals surface area contributed by atoms with Gasteiger partial charge in [0.2, 0.25) is 0 Å². The lowest BCUT2D eigenvalue weighted by atomic mass is 10.3. The van der Waals surface area contributed by atoms with Crippen molar-refractivity contribution in [3.8, 4) is 0 Å². The Hall–Kier alpha value is -1.21. The van der Waals surface area contributed by atoms with E-state index in [9.17, 15) is 0 Å². The second kappa shape index (κ2) is 5.42. The molecule has 0 radical (unpaired) electrons. The lowest BCUT2D eigenvalue weighted by Crippen LogP contribution is -1.84. The molecule has 0 aliphatic rings. The number of nitrogens with two attached hydrogens (primary N) is 2. The van der Waals surface area contributed by atoms with Gasteiger partial charge in [0, 0.05) is 0 Å². The van der Waals surface area contributed by atoms with Crippen LogP contribution in [0.15, 0.2) is 16.3 Å². The molecule has 0 saturated heterocycles. The van der Waals surface area contributed by atoms with E-state index in [0.29, 0.717) is 0 Å². The van der Waals surface area contributed by atoms with Gasteiger partial charge in [-0.05, 0) is 6.07 Å². The molecule has 0 fully saturated rings.